The van der Waals surface area contributed by atoms with Crippen molar-refractivity contribution in [3.05, 3.63) is 64.4 Å². The van der Waals surface area contributed by atoms with E-state index in [4.69, 9.17) is 5.73 Å². The van der Waals surface area contributed by atoms with Gasteiger partial charge in [-0.25, -0.2) is 0 Å². The monoisotopic (exact) mass is 296 g/mol. The maximum atomic E-state index is 5.87. The highest BCUT2D eigenvalue weighted by atomic mass is 32.1. The second-order valence-electron chi connectivity index (χ2n) is 5.30. The highest BCUT2D eigenvalue weighted by Gasteiger charge is 2.16. The Kier molecular flexibility index (Phi) is 3.95. The Hall–Kier alpha value is -1.84. The fraction of sp³-hybridized carbons (Fsp3) is 0.222. The molecule has 2 aromatic carbocycles. The van der Waals surface area contributed by atoms with Gasteiger partial charge in [0.15, 0.2) is 0 Å². The summed E-state index contributed by atoms with van der Waals surface area (Å²) in [6.07, 6.45) is 0. The topological polar surface area (TPSA) is 29.3 Å². The number of nitrogens with two attached hydrogens (primary N) is 1. The van der Waals surface area contributed by atoms with Gasteiger partial charge in [-0.1, -0.05) is 36.4 Å². The molecular formula is C18H20N2S. The lowest BCUT2D eigenvalue weighted by Gasteiger charge is -2.28. The third kappa shape index (κ3) is 2.55. The molecule has 3 rings (SSSR count). The first-order valence-corrected chi connectivity index (χ1v) is 8.07. The molecule has 0 aliphatic heterocycles. The number of nitrogens with zero attached hydrogens (tertiary/aromatic N) is 1. The number of rotatable bonds is 4. The minimum atomic E-state index is 0.358. The summed E-state index contributed by atoms with van der Waals surface area (Å²) in [6, 6.07) is 17.5. The van der Waals surface area contributed by atoms with Crippen LogP contribution >= 0.6 is 11.3 Å². The molecule has 0 saturated heterocycles. The minimum absolute atomic E-state index is 0.358. The quantitative estimate of drug-likeness (QED) is 0.765. The Morgan fingerprint density at radius 2 is 1.81 bits per heavy atom. The van der Waals surface area contributed by atoms with E-state index in [9.17, 15) is 0 Å². The summed E-state index contributed by atoms with van der Waals surface area (Å²) >= 11 is 1.81. The predicted molar refractivity (Wildman–Crippen MR) is 93.0 cm³/mol. The molecule has 0 aliphatic rings. The summed E-state index contributed by atoms with van der Waals surface area (Å²) in [5.41, 5.74) is 8.32. The van der Waals surface area contributed by atoms with Crippen LogP contribution < -0.4 is 10.6 Å². The molecule has 0 amide bonds. The average molecular weight is 296 g/mol. The molecule has 0 radical (unpaired) electrons. The fourth-order valence-corrected chi connectivity index (χ4v) is 3.59. The van der Waals surface area contributed by atoms with E-state index in [0.29, 0.717) is 12.6 Å². The highest BCUT2D eigenvalue weighted by Crippen LogP contribution is 2.34. The van der Waals surface area contributed by atoms with Crippen LogP contribution in [0.5, 0.6) is 0 Å². The maximum absolute atomic E-state index is 5.87. The first kappa shape index (κ1) is 14.1. The van der Waals surface area contributed by atoms with Crippen LogP contribution in [0.3, 0.4) is 0 Å². The molecule has 1 aromatic heterocycles. The van der Waals surface area contributed by atoms with E-state index in [0.717, 1.165) is 0 Å². The van der Waals surface area contributed by atoms with E-state index in [-0.39, 0.29) is 0 Å². The Morgan fingerprint density at radius 3 is 2.48 bits per heavy atom. The van der Waals surface area contributed by atoms with Crippen molar-refractivity contribution in [3.63, 3.8) is 0 Å². The zero-order valence-electron chi connectivity index (χ0n) is 12.4. The highest BCUT2D eigenvalue weighted by molar-refractivity contribution is 7.10. The van der Waals surface area contributed by atoms with Gasteiger partial charge in [-0.05, 0) is 35.4 Å². The van der Waals surface area contributed by atoms with Crippen molar-refractivity contribution < 1.29 is 0 Å². The molecule has 2 nitrogen and oxygen atoms in total. The lowest BCUT2D eigenvalue weighted by atomic mass is 10.0. The SMILES string of the molecule is CC(c1cccs1)N(C)c1ccc(CN)c2ccccc12. The summed E-state index contributed by atoms with van der Waals surface area (Å²) in [5, 5.41) is 4.66. The van der Waals surface area contributed by atoms with E-state index >= 15 is 0 Å². The molecule has 0 bridgehead atoms. The molecule has 1 heterocycles. The molecule has 0 spiro atoms. The minimum Gasteiger partial charge on any atom is -0.367 e. The van der Waals surface area contributed by atoms with Crippen molar-refractivity contribution in [1.29, 1.82) is 0 Å². The molecule has 108 valence electrons. The lowest BCUT2D eigenvalue weighted by molar-refractivity contribution is 0.757. The Bertz CT molecular complexity index is 734. The smallest absolute Gasteiger partial charge is 0.0603 e. The molecule has 0 saturated carbocycles. The number of hydrogen-bond donors (Lipinski definition) is 1. The number of fused-ring (bicyclic) bond motifs is 1. The lowest BCUT2D eigenvalue weighted by Crippen LogP contribution is -2.21. The Balaban J connectivity index is 2.08. The van der Waals surface area contributed by atoms with Crippen molar-refractivity contribution >= 4 is 27.8 Å². The number of anilines is 1. The van der Waals surface area contributed by atoms with E-state index in [1.165, 1.54) is 26.9 Å². The summed E-state index contributed by atoms with van der Waals surface area (Å²) in [6.45, 7) is 2.82. The van der Waals surface area contributed by atoms with Gasteiger partial charge in [-0.3, -0.25) is 0 Å². The van der Waals surface area contributed by atoms with Crippen molar-refractivity contribution in [2.75, 3.05) is 11.9 Å². The predicted octanol–water partition coefficient (Wildman–Crippen LogP) is 4.56. The van der Waals surface area contributed by atoms with Gasteiger partial charge in [0.1, 0.15) is 0 Å². The molecule has 0 aliphatic carbocycles. The average Bonchev–Trinajstić information content (AvgIpc) is 3.07. The second-order valence-corrected chi connectivity index (χ2v) is 6.28. The van der Waals surface area contributed by atoms with Gasteiger partial charge in [0.05, 0.1) is 6.04 Å². The molecule has 3 aromatic rings. The normalized spacial score (nSPS) is 12.5. The van der Waals surface area contributed by atoms with Crippen molar-refractivity contribution in [1.82, 2.24) is 0 Å². The second kappa shape index (κ2) is 5.88. The van der Waals surface area contributed by atoms with Gasteiger partial charge in [0, 0.05) is 29.5 Å². The van der Waals surface area contributed by atoms with Gasteiger partial charge in [0.2, 0.25) is 0 Å². The first-order chi connectivity index (χ1) is 10.2. The molecule has 1 atom stereocenters. The molecule has 21 heavy (non-hydrogen) atoms. The Morgan fingerprint density at radius 1 is 1.05 bits per heavy atom. The van der Waals surface area contributed by atoms with Crippen LogP contribution in [0.1, 0.15) is 23.4 Å². The van der Waals surface area contributed by atoms with E-state index < -0.39 is 0 Å². The molecule has 0 fully saturated rings. The number of hydrogen-bond acceptors (Lipinski definition) is 3. The fourth-order valence-electron chi connectivity index (χ4n) is 2.76. The maximum Gasteiger partial charge on any atom is 0.0603 e. The zero-order valence-corrected chi connectivity index (χ0v) is 13.2. The van der Waals surface area contributed by atoms with Gasteiger partial charge in [0.25, 0.3) is 0 Å². The van der Waals surface area contributed by atoms with Gasteiger partial charge >= 0.3 is 0 Å². The van der Waals surface area contributed by atoms with Crippen LogP contribution in [0.15, 0.2) is 53.9 Å². The van der Waals surface area contributed by atoms with Gasteiger partial charge in [-0.2, -0.15) is 0 Å². The number of thiophene rings is 1. The zero-order chi connectivity index (χ0) is 14.8. The molecule has 3 heteroatoms. The molecule has 2 N–H and O–H groups in total. The standard InChI is InChI=1S/C18H20N2S/c1-13(18-8-5-11-21-18)20(2)17-10-9-14(12-19)15-6-3-4-7-16(15)17/h3-11,13H,12,19H2,1-2H3. The van der Waals surface area contributed by atoms with Gasteiger partial charge < -0.3 is 10.6 Å². The third-order valence-corrected chi connectivity index (χ3v) is 5.17. The van der Waals surface area contributed by atoms with Crippen LogP contribution in [0, 0.1) is 0 Å². The van der Waals surface area contributed by atoms with Crippen molar-refractivity contribution in [2.45, 2.75) is 19.5 Å². The summed E-state index contributed by atoms with van der Waals surface area (Å²) < 4.78 is 0. The number of benzene rings is 2. The van der Waals surface area contributed by atoms with Crippen LogP contribution in [-0.2, 0) is 6.54 Å². The van der Waals surface area contributed by atoms with Crippen LogP contribution in [0.25, 0.3) is 10.8 Å². The summed E-state index contributed by atoms with van der Waals surface area (Å²) in [4.78, 5) is 3.72. The first-order valence-electron chi connectivity index (χ1n) is 7.19. The van der Waals surface area contributed by atoms with Gasteiger partial charge in [-0.15, -0.1) is 11.3 Å². The summed E-state index contributed by atoms with van der Waals surface area (Å²) in [7, 11) is 2.16. The third-order valence-electron chi connectivity index (χ3n) is 4.13. The van der Waals surface area contributed by atoms with E-state index in [2.05, 4.69) is 72.8 Å². The molecular weight excluding hydrogens is 276 g/mol. The summed E-state index contributed by atoms with van der Waals surface area (Å²) in [5.74, 6) is 0. The van der Waals surface area contributed by atoms with Crippen LogP contribution in [0.2, 0.25) is 0 Å². The van der Waals surface area contributed by atoms with E-state index in [1.54, 1.807) is 11.3 Å². The van der Waals surface area contributed by atoms with Crippen LogP contribution in [-0.4, -0.2) is 7.05 Å². The largest absolute Gasteiger partial charge is 0.367 e. The van der Waals surface area contributed by atoms with Crippen molar-refractivity contribution in [2.24, 2.45) is 5.73 Å². The van der Waals surface area contributed by atoms with Crippen LogP contribution in [0.4, 0.5) is 5.69 Å². The van der Waals surface area contributed by atoms with Crippen molar-refractivity contribution in [3.8, 4) is 0 Å². The van der Waals surface area contributed by atoms with E-state index in [1.807, 2.05) is 0 Å². The molecule has 1 unspecified atom stereocenters. The Labute approximate surface area is 129 Å².